The van der Waals surface area contributed by atoms with Gasteiger partial charge in [0.2, 0.25) is 0 Å². The summed E-state index contributed by atoms with van der Waals surface area (Å²) in [6.45, 7) is 2.19. The van der Waals surface area contributed by atoms with E-state index in [1.54, 1.807) is 19.3 Å². The van der Waals surface area contributed by atoms with Gasteiger partial charge in [-0.15, -0.1) is 0 Å². The molecule has 20 heavy (non-hydrogen) atoms. The fourth-order valence-electron chi connectivity index (χ4n) is 1.60. The van der Waals surface area contributed by atoms with Crippen LogP contribution in [0.1, 0.15) is 12.5 Å². The summed E-state index contributed by atoms with van der Waals surface area (Å²) in [6.07, 6.45) is 2.85. The third kappa shape index (κ3) is 4.35. The van der Waals surface area contributed by atoms with E-state index in [0.29, 0.717) is 12.3 Å². The number of halogens is 1. The van der Waals surface area contributed by atoms with E-state index in [9.17, 15) is 4.79 Å². The summed E-state index contributed by atoms with van der Waals surface area (Å²) in [5.74, 6) is 0.518. The van der Waals surface area contributed by atoms with Crippen molar-refractivity contribution in [3.63, 3.8) is 0 Å². The van der Waals surface area contributed by atoms with E-state index in [2.05, 4.69) is 26.2 Å². The van der Waals surface area contributed by atoms with Gasteiger partial charge in [-0.05, 0) is 48.9 Å². The quantitative estimate of drug-likeness (QED) is 0.914. The molecular weight excluding hydrogens is 320 g/mol. The van der Waals surface area contributed by atoms with E-state index in [1.165, 1.54) is 0 Å². The Kier molecular flexibility index (Phi) is 5.12. The maximum atomic E-state index is 11.9. The number of nitrogens with one attached hydrogen (secondary N) is 1. The van der Waals surface area contributed by atoms with E-state index in [4.69, 9.17) is 4.74 Å². The van der Waals surface area contributed by atoms with Crippen molar-refractivity contribution in [1.82, 2.24) is 10.3 Å². The first kappa shape index (κ1) is 14.5. The lowest BCUT2D eigenvalue weighted by Crippen LogP contribution is -2.35. The minimum Gasteiger partial charge on any atom is -0.481 e. The predicted octanol–water partition coefficient (Wildman–Crippen LogP) is 2.93. The molecular formula is C15H15BrN2O2. The zero-order valence-corrected chi connectivity index (χ0v) is 12.6. The minimum absolute atomic E-state index is 0.148. The maximum Gasteiger partial charge on any atom is 0.261 e. The SMILES string of the molecule is C[C@H](Oc1ccc(Br)cc1)C(=O)NCc1ccncc1. The molecule has 0 aliphatic heterocycles. The fraction of sp³-hybridized carbons (Fsp3) is 0.200. The van der Waals surface area contributed by atoms with Gasteiger partial charge in [-0.2, -0.15) is 0 Å². The molecule has 0 radical (unpaired) electrons. The Morgan fingerprint density at radius 3 is 2.55 bits per heavy atom. The lowest BCUT2D eigenvalue weighted by atomic mass is 10.2. The molecule has 0 saturated carbocycles. The molecule has 0 unspecified atom stereocenters. The van der Waals surface area contributed by atoms with Gasteiger partial charge < -0.3 is 10.1 Å². The molecule has 5 heteroatoms. The Hall–Kier alpha value is -1.88. The van der Waals surface area contributed by atoms with Gasteiger partial charge in [-0.25, -0.2) is 0 Å². The standard InChI is InChI=1S/C15H15BrN2O2/c1-11(20-14-4-2-13(16)3-5-14)15(19)18-10-12-6-8-17-9-7-12/h2-9,11H,10H2,1H3,(H,18,19)/t11-/m0/s1. The van der Waals surface area contributed by atoms with E-state index >= 15 is 0 Å². The third-order valence-corrected chi connectivity index (χ3v) is 3.24. The number of carbonyl (C=O) groups excluding carboxylic acids is 1. The van der Waals surface area contributed by atoms with Crippen LogP contribution >= 0.6 is 15.9 Å². The summed E-state index contributed by atoms with van der Waals surface area (Å²) in [6, 6.07) is 11.1. The minimum atomic E-state index is -0.544. The van der Waals surface area contributed by atoms with E-state index < -0.39 is 6.10 Å². The first-order chi connectivity index (χ1) is 9.65. The van der Waals surface area contributed by atoms with Crippen LogP contribution in [-0.4, -0.2) is 17.0 Å². The van der Waals surface area contributed by atoms with Gasteiger partial charge in [-0.3, -0.25) is 9.78 Å². The smallest absolute Gasteiger partial charge is 0.261 e. The number of carbonyl (C=O) groups is 1. The second-order valence-electron chi connectivity index (χ2n) is 4.29. The summed E-state index contributed by atoms with van der Waals surface area (Å²) in [5.41, 5.74) is 1.00. The summed E-state index contributed by atoms with van der Waals surface area (Å²) < 4.78 is 6.55. The topological polar surface area (TPSA) is 51.2 Å². The highest BCUT2D eigenvalue weighted by Crippen LogP contribution is 2.17. The first-order valence-corrected chi connectivity index (χ1v) is 7.03. The number of hydrogen-bond donors (Lipinski definition) is 1. The largest absolute Gasteiger partial charge is 0.481 e. The molecule has 1 atom stereocenters. The molecule has 2 aromatic rings. The van der Waals surface area contributed by atoms with Crippen molar-refractivity contribution in [2.75, 3.05) is 0 Å². The zero-order chi connectivity index (χ0) is 14.4. The maximum absolute atomic E-state index is 11.9. The Morgan fingerprint density at radius 1 is 1.25 bits per heavy atom. The number of benzene rings is 1. The van der Waals surface area contributed by atoms with E-state index in [-0.39, 0.29) is 5.91 Å². The predicted molar refractivity (Wildman–Crippen MR) is 80.3 cm³/mol. The molecule has 4 nitrogen and oxygen atoms in total. The van der Waals surface area contributed by atoms with Crippen molar-refractivity contribution >= 4 is 21.8 Å². The Labute approximate surface area is 126 Å². The molecule has 104 valence electrons. The molecule has 1 aromatic heterocycles. The number of amides is 1. The van der Waals surface area contributed by atoms with E-state index in [0.717, 1.165) is 10.0 Å². The molecule has 1 N–H and O–H groups in total. The average Bonchev–Trinajstić information content (AvgIpc) is 2.48. The molecule has 0 spiro atoms. The van der Waals surface area contributed by atoms with Crippen LogP contribution in [0.5, 0.6) is 5.75 Å². The van der Waals surface area contributed by atoms with Crippen molar-refractivity contribution in [3.8, 4) is 5.75 Å². The average molecular weight is 335 g/mol. The van der Waals surface area contributed by atoms with Crippen molar-refractivity contribution in [2.45, 2.75) is 19.6 Å². The first-order valence-electron chi connectivity index (χ1n) is 6.24. The van der Waals surface area contributed by atoms with Crippen molar-refractivity contribution in [1.29, 1.82) is 0 Å². The summed E-state index contributed by atoms with van der Waals surface area (Å²) in [5, 5.41) is 2.83. The molecule has 1 amide bonds. The summed E-state index contributed by atoms with van der Waals surface area (Å²) in [7, 11) is 0. The monoisotopic (exact) mass is 334 g/mol. The lowest BCUT2D eigenvalue weighted by molar-refractivity contribution is -0.127. The molecule has 0 saturated heterocycles. The van der Waals surface area contributed by atoms with Crippen LogP contribution in [0.2, 0.25) is 0 Å². The van der Waals surface area contributed by atoms with Gasteiger partial charge in [0.1, 0.15) is 5.75 Å². The second kappa shape index (κ2) is 7.05. The number of ether oxygens (including phenoxy) is 1. The van der Waals surface area contributed by atoms with Crippen LogP contribution in [0.15, 0.2) is 53.3 Å². The fourth-order valence-corrected chi connectivity index (χ4v) is 1.87. The molecule has 0 aliphatic carbocycles. The summed E-state index contributed by atoms with van der Waals surface area (Å²) in [4.78, 5) is 15.9. The highest BCUT2D eigenvalue weighted by atomic mass is 79.9. The Balaban J connectivity index is 1.84. The van der Waals surface area contributed by atoms with Gasteiger partial charge in [0.15, 0.2) is 6.10 Å². The second-order valence-corrected chi connectivity index (χ2v) is 5.20. The molecule has 0 bridgehead atoms. The summed E-state index contributed by atoms with van der Waals surface area (Å²) >= 11 is 3.35. The van der Waals surface area contributed by atoms with Crippen molar-refractivity contribution in [2.24, 2.45) is 0 Å². The number of rotatable bonds is 5. The van der Waals surface area contributed by atoms with Crippen LogP contribution < -0.4 is 10.1 Å². The van der Waals surface area contributed by atoms with Gasteiger partial charge in [0.25, 0.3) is 5.91 Å². The van der Waals surface area contributed by atoms with Crippen LogP contribution in [0.3, 0.4) is 0 Å². The van der Waals surface area contributed by atoms with Gasteiger partial charge in [0.05, 0.1) is 0 Å². The van der Waals surface area contributed by atoms with Crippen molar-refractivity contribution in [3.05, 3.63) is 58.8 Å². The Morgan fingerprint density at radius 2 is 1.90 bits per heavy atom. The highest BCUT2D eigenvalue weighted by Gasteiger charge is 2.14. The number of pyridine rings is 1. The van der Waals surface area contributed by atoms with Gasteiger partial charge in [0, 0.05) is 23.4 Å². The number of nitrogens with zero attached hydrogens (tertiary/aromatic N) is 1. The Bertz CT molecular complexity index is 558. The van der Waals surface area contributed by atoms with E-state index in [1.807, 2.05) is 36.4 Å². The molecule has 0 fully saturated rings. The molecule has 1 heterocycles. The van der Waals surface area contributed by atoms with Crippen molar-refractivity contribution < 1.29 is 9.53 Å². The molecule has 0 aliphatic rings. The lowest BCUT2D eigenvalue weighted by Gasteiger charge is -2.14. The van der Waals surface area contributed by atoms with Crippen LogP contribution in [0.25, 0.3) is 0 Å². The normalized spacial score (nSPS) is 11.7. The number of aromatic nitrogens is 1. The third-order valence-electron chi connectivity index (χ3n) is 2.71. The van der Waals surface area contributed by atoms with Crippen LogP contribution in [-0.2, 0) is 11.3 Å². The van der Waals surface area contributed by atoms with Gasteiger partial charge >= 0.3 is 0 Å². The van der Waals surface area contributed by atoms with Crippen LogP contribution in [0.4, 0.5) is 0 Å². The van der Waals surface area contributed by atoms with Gasteiger partial charge in [-0.1, -0.05) is 15.9 Å². The van der Waals surface area contributed by atoms with Crippen LogP contribution in [0, 0.1) is 0 Å². The number of hydrogen-bond acceptors (Lipinski definition) is 3. The molecule has 1 aromatic carbocycles. The zero-order valence-electron chi connectivity index (χ0n) is 11.0. The molecule has 2 rings (SSSR count). The highest BCUT2D eigenvalue weighted by molar-refractivity contribution is 9.10.